The molecule has 1 saturated carbocycles. The zero-order chi connectivity index (χ0) is 13.0. The van der Waals surface area contributed by atoms with Crippen molar-refractivity contribution in [3.8, 4) is 5.75 Å². The first-order valence-corrected chi connectivity index (χ1v) is 6.82. The summed E-state index contributed by atoms with van der Waals surface area (Å²) in [6.07, 6.45) is 6.23. The largest absolute Gasteiger partial charge is 0.496 e. The van der Waals surface area contributed by atoms with Crippen molar-refractivity contribution < 1.29 is 4.74 Å². The smallest absolute Gasteiger partial charge is 0.122 e. The molecule has 2 rings (SSSR count). The summed E-state index contributed by atoms with van der Waals surface area (Å²) in [5.41, 5.74) is 5.48. The Morgan fingerprint density at radius 1 is 1.44 bits per heavy atom. The molecular weight excluding hydrogens is 224 g/mol. The van der Waals surface area contributed by atoms with Gasteiger partial charge in [0.05, 0.1) is 7.11 Å². The molecule has 0 radical (unpaired) electrons. The number of hydrogen-bond donors (Lipinski definition) is 2. The highest BCUT2D eigenvalue weighted by Gasteiger charge is 2.22. The van der Waals surface area contributed by atoms with Crippen molar-refractivity contribution in [1.29, 1.82) is 0 Å². The van der Waals surface area contributed by atoms with E-state index in [0.29, 0.717) is 6.04 Å². The minimum Gasteiger partial charge on any atom is -0.496 e. The first kappa shape index (κ1) is 13.4. The normalized spacial score (nSPS) is 17.3. The fraction of sp³-hybridized carbons (Fsp3) is 0.600. The number of benzene rings is 1. The van der Waals surface area contributed by atoms with Crippen LogP contribution in [0.25, 0.3) is 0 Å². The second kappa shape index (κ2) is 6.21. The molecule has 3 N–H and O–H groups in total. The second-order valence-electron chi connectivity index (χ2n) is 5.42. The van der Waals surface area contributed by atoms with Crippen molar-refractivity contribution in [3.05, 3.63) is 29.3 Å². The predicted octanol–water partition coefficient (Wildman–Crippen LogP) is 2.57. The van der Waals surface area contributed by atoms with Gasteiger partial charge in [-0.2, -0.15) is 0 Å². The maximum absolute atomic E-state index is 5.69. The molecule has 1 aliphatic rings. The monoisotopic (exact) mass is 248 g/mol. The summed E-state index contributed by atoms with van der Waals surface area (Å²) < 4.78 is 5.42. The van der Waals surface area contributed by atoms with Crippen LogP contribution in [-0.4, -0.2) is 13.2 Å². The van der Waals surface area contributed by atoms with Gasteiger partial charge in [0.1, 0.15) is 5.75 Å². The molecule has 0 heterocycles. The van der Waals surface area contributed by atoms with Gasteiger partial charge in [0, 0.05) is 6.04 Å². The van der Waals surface area contributed by atoms with Crippen LogP contribution in [0.15, 0.2) is 18.2 Å². The summed E-state index contributed by atoms with van der Waals surface area (Å²) in [6, 6.07) is 6.68. The number of rotatable bonds is 6. The van der Waals surface area contributed by atoms with Crippen LogP contribution in [0.4, 0.5) is 0 Å². The molecule has 0 spiro atoms. The van der Waals surface area contributed by atoms with Crippen molar-refractivity contribution in [2.24, 2.45) is 11.8 Å². The zero-order valence-electron chi connectivity index (χ0n) is 11.4. The molecule has 0 amide bonds. The molecule has 1 aromatic rings. The molecule has 1 atom stereocenters. The molecule has 0 bridgehead atoms. The van der Waals surface area contributed by atoms with E-state index in [9.17, 15) is 0 Å². The number of aryl methyl sites for hydroxylation is 1. The van der Waals surface area contributed by atoms with Gasteiger partial charge in [-0.25, -0.2) is 0 Å². The summed E-state index contributed by atoms with van der Waals surface area (Å²) in [6.45, 7) is 2.11. The van der Waals surface area contributed by atoms with Crippen LogP contribution in [0.3, 0.4) is 0 Å². The maximum atomic E-state index is 5.69. The lowest BCUT2D eigenvalue weighted by molar-refractivity contribution is 0.259. The van der Waals surface area contributed by atoms with E-state index in [0.717, 1.165) is 18.1 Å². The minimum atomic E-state index is 0.353. The third-order valence-corrected chi connectivity index (χ3v) is 3.98. The first-order valence-electron chi connectivity index (χ1n) is 6.82. The highest BCUT2D eigenvalue weighted by atomic mass is 16.5. The molecule has 18 heavy (non-hydrogen) atoms. The van der Waals surface area contributed by atoms with Crippen LogP contribution >= 0.6 is 0 Å². The number of nitrogens with two attached hydrogens (primary N) is 1. The quantitative estimate of drug-likeness (QED) is 0.601. The van der Waals surface area contributed by atoms with E-state index in [1.54, 1.807) is 7.11 Å². The SMILES string of the molecule is COc1ccc(C)cc1CC(CC1CCC1)NN. The van der Waals surface area contributed by atoms with Crippen LogP contribution < -0.4 is 16.0 Å². The fourth-order valence-electron chi connectivity index (χ4n) is 2.67. The predicted molar refractivity (Wildman–Crippen MR) is 74.5 cm³/mol. The molecule has 3 nitrogen and oxygen atoms in total. The summed E-state index contributed by atoms with van der Waals surface area (Å²) in [5, 5.41) is 0. The van der Waals surface area contributed by atoms with E-state index in [-0.39, 0.29) is 0 Å². The number of methoxy groups -OCH3 is 1. The van der Waals surface area contributed by atoms with Gasteiger partial charge in [0.2, 0.25) is 0 Å². The van der Waals surface area contributed by atoms with Crippen LogP contribution in [0.1, 0.15) is 36.8 Å². The average Bonchev–Trinajstić information content (AvgIpc) is 2.32. The number of hydrogen-bond acceptors (Lipinski definition) is 3. The summed E-state index contributed by atoms with van der Waals surface area (Å²) >= 11 is 0. The summed E-state index contributed by atoms with van der Waals surface area (Å²) in [7, 11) is 1.73. The average molecular weight is 248 g/mol. The Kier molecular flexibility index (Phi) is 4.61. The summed E-state index contributed by atoms with van der Waals surface area (Å²) in [4.78, 5) is 0. The number of hydrazine groups is 1. The van der Waals surface area contributed by atoms with Crippen LogP contribution in [0.2, 0.25) is 0 Å². The van der Waals surface area contributed by atoms with Gasteiger partial charge in [-0.05, 0) is 37.3 Å². The van der Waals surface area contributed by atoms with Crippen LogP contribution in [0.5, 0.6) is 5.75 Å². The van der Waals surface area contributed by atoms with E-state index >= 15 is 0 Å². The van der Waals surface area contributed by atoms with E-state index in [4.69, 9.17) is 10.6 Å². The fourth-order valence-corrected chi connectivity index (χ4v) is 2.67. The van der Waals surface area contributed by atoms with Gasteiger partial charge >= 0.3 is 0 Å². The van der Waals surface area contributed by atoms with E-state index in [1.807, 2.05) is 6.07 Å². The third-order valence-electron chi connectivity index (χ3n) is 3.98. The van der Waals surface area contributed by atoms with Crippen molar-refractivity contribution >= 4 is 0 Å². The van der Waals surface area contributed by atoms with Crippen molar-refractivity contribution in [3.63, 3.8) is 0 Å². The molecular formula is C15H24N2O. The minimum absolute atomic E-state index is 0.353. The molecule has 1 unspecified atom stereocenters. The molecule has 100 valence electrons. The second-order valence-corrected chi connectivity index (χ2v) is 5.42. The lowest BCUT2D eigenvalue weighted by Gasteiger charge is -2.29. The Balaban J connectivity index is 2.02. The highest BCUT2D eigenvalue weighted by Crippen LogP contribution is 2.31. The Morgan fingerprint density at radius 3 is 2.78 bits per heavy atom. The molecule has 1 fully saturated rings. The van der Waals surface area contributed by atoms with Crippen molar-refractivity contribution in [2.75, 3.05) is 7.11 Å². The Labute approximate surface area is 110 Å². The third kappa shape index (κ3) is 3.24. The van der Waals surface area contributed by atoms with Gasteiger partial charge < -0.3 is 4.74 Å². The van der Waals surface area contributed by atoms with Gasteiger partial charge in [-0.15, -0.1) is 0 Å². The van der Waals surface area contributed by atoms with Gasteiger partial charge in [0.15, 0.2) is 0 Å². The van der Waals surface area contributed by atoms with Gasteiger partial charge in [-0.1, -0.05) is 37.0 Å². The Bertz CT molecular complexity index is 388. The maximum Gasteiger partial charge on any atom is 0.122 e. The van der Waals surface area contributed by atoms with Crippen molar-refractivity contribution in [1.82, 2.24) is 5.43 Å². The lowest BCUT2D eigenvalue weighted by Crippen LogP contribution is -2.39. The van der Waals surface area contributed by atoms with Crippen LogP contribution in [-0.2, 0) is 6.42 Å². The molecule has 3 heteroatoms. The molecule has 0 saturated heterocycles. The van der Waals surface area contributed by atoms with Crippen molar-refractivity contribution in [2.45, 2.75) is 45.1 Å². The van der Waals surface area contributed by atoms with E-state index < -0.39 is 0 Å². The molecule has 0 aliphatic heterocycles. The molecule has 0 aromatic heterocycles. The lowest BCUT2D eigenvalue weighted by atomic mass is 9.80. The molecule has 1 aliphatic carbocycles. The van der Waals surface area contributed by atoms with Crippen LogP contribution in [0, 0.1) is 12.8 Å². The first-order chi connectivity index (χ1) is 8.72. The summed E-state index contributed by atoms with van der Waals surface area (Å²) in [5.74, 6) is 7.52. The number of nitrogens with one attached hydrogen (secondary N) is 1. The highest BCUT2D eigenvalue weighted by molar-refractivity contribution is 5.37. The zero-order valence-corrected chi connectivity index (χ0v) is 11.4. The van der Waals surface area contributed by atoms with Gasteiger partial charge in [0.25, 0.3) is 0 Å². The Morgan fingerprint density at radius 2 is 2.22 bits per heavy atom. The van der Waals surface area contributed by atoms with E-state index in [1.165, 1.54) is 36.8 Å². The Hall–Kier alpha value is -1.06. The van der Waals surface area contributed by atoms with Gasteiger partial charge in [-0.3, -0.25) is 11.3 Å². The topological polar surface area (TPSA) is 47.3 Å². The standard InChI is InChI=1S/C15H24N2O/c1-11-6-7-15(18-2)13(8-11)10-14(17-16)9-12-4-3-5-12/h6-8,12,14,17H,3-5,9-10,16H2,1-2H3. The van der Waals surface area contributed by atoms with E-state index in [2.05, 4.69) is 24.5 Å². The molecule has 1 aromatic carbocycles. The number of ether oxygens (including phenoxy) is 1.